The second kappa shape index (κ2) is 11.0. The van der Waals surface area contributed by atoms with Crippen LogP contribution in [0.5, 0.6) is 0 Å². The van der Waals surface area contributed by atoms with Crippen molar-refractivity contribution >= 4 is 40.0 Å². The largest absolute Gasteiger partial charge is 0.462 e. The van der Waals surface area contributed by atoms with Crippen LogP contribution in [0.2, 0.25) is 0 Å². The first-order valence-electron chi connectivity index (χ1n) is 12.1. The van der Waals surface area contributed by atoms with Crippen molar-refractivity contribution in [2.24, 2.45) is 0 Å². The van der Waals surface area contributed by atoms with Crippen LogP contribution in [0.25, 0.3) is 27.9 Å². The summed E-state index contributed by atoms with van der Waals surface area (Å²) in [6.45, 7) is 4.83. The topological polar surface area (TPSA) is 109 Å². The van der Waals surface area contributed by atoms with E-state index in [4.69, 9.17) is 25.2 Å². The zero-order valence-electron chi connectivity index (χ0n) is 20.1. The molecule has 4 rings (SSSR count). The summed E-state index contributed by atoms with van der Waals surface area (Å²) in [6, 6.07) is 14.3. The number of carbonyl (C=O) groups excluding carboxylic acids is 2. The molecule has 2 heterocycles. The number of nitrogens with zero attached hydrogens (tertiary/aromatic N) is 3. The van der Waals surface area contributed by atoms with Crippen molar-refractivity contribution in [1.29, 1.82) is 0 Å². The van der Waals surface area contributed by atoms with Crippen LogP contribution >= 0.6 is 0 Å². The predicted molar refractivity (Wildman–Crippen MR) is 136 cm³/mol. The fraction of sp³-hybridized carbons (Fsp3) is 0.333. The number of esters is 2. The van der Waals surface area contributed by atoms with Crippen molar-refractivity contribution in [3.05, 3.63) is 59.7 Å². The summed E-state index contributed by atoms with van der Waals surface area (Å²) in [5.41, 5.74) is 9.94. The maximum Gasteiger partial charge on any atom is 0.344 e. The van der Waals surface area contributed by atoms with Crippen molar-refractivity contribution in [2.45, 2.75) is 46.0 Å². The quantitative estimate of drug-likeness (QED) is 0.240. The van der Waals surface area contributed by atoms with Gasteiger partial charge in [0.2, 0.25) is 0 Å². The molecule has 2 aromatic heterocycles. The van der Waals surface area contributed by atoms with Crippen LogP contribution in [-0.4, -0.2) is 39.7 Å². The summed E-state index contributed by atoms with van der Waals surface area (Å²) in [6.07, 6.45) is 4.55. The molecule has 4 aromatic rings. The number of para-hydroxylation sites is 2. The van der Waals surface area contributed by atoms with Gasteiger partial charge in [0, 0.05) is 5.69 Å². The van der Waals surface area contributed by atoms with Crippen LogP contribution in [0.4, 0.5) is 5.82 Å². The number of unbranched alkanes of at least 4 members (excludes halogenated alkanes) is 3. The lowest BCUT2D eigenvalue weighted by molar-refractivity contribution is 0.0491. The SMILES string of the molecule is CCCCCOC(=O)c1c(N)n(-c2ccc(C(=O)OCCCC)cc2)c2nc3ccccc3nc12. The average Bonchev–Trinajstić information content (AvgIpc) is 3.15. The Hall–Kier alpha value is -3.94. The van der Waals surface area contributed by atoms with Crippen molar-refractivity contribution < 1.29 is 19.1 Å². The number of benzene rings is 2. The summed E-state index contributed by atoms with van der Waals surface area (Å²) in [4.78, 5) is 34.8. The molecule has 182 valence electrons. The molecular weight excluding hydrogens is 444 g/mol. The van der Waals surface area contributed by atoms with Gasteiger partial charge in [-0.25, -0.2) is 19.6 Å². The molecule has 0 aliphatic carbocycles. The molecule has 0 fully saturated rings. The van der Waals surface area contributed by atoms with E-state index in [1.807, 2.05) is 31.2 Å². The highest BCUT2D eigenvalue weighted by Crippen LogP contribution is 2.31. The number of anilines is 1. The second-order valence-electron chi connectivity index (χ2n) is 8.36. The summed E-state index contributed by atoms with van der Waals surface area (Å²) >= 11 is 0. The van der Waals surface area contributed by atoms with Gasteiger partial charge in [-0.1, -0.05) is 45.2 Å². The van der Waals surface area contributed by atoms with E-state index in [1.54, 1.807) is 28.8 Å². The van der Waals surface area contributed by atoms with Gasteiger partial charge in [0.1, 0.15) is 16.9 Å². The highest BCUT2D eigenvalue weighted by molar-refractivity contribution is 6.09. The van der Waals surface area contributed by atoms with E-state index in [2.05, 4.69) is 6.92 Å². The number of hydrogen-bond donors (Lipinski definition) is 1. The Morgan fingerprint density at radius 3 is 2.14 bits per heavy atom. The highest BCUT2D eigenvalue weighted by atomic mass is 16.5. The van der Waals surface area contributed by atoms with Crippen LogP contribution in [-0.2, 0) is 9.47 Å². The number of carbonyl (C=O) groups is 2. The van der Waals surface area contributed by atoms with Crippen LogP contribution in [0.1, 0.15) is 66.7 Å². The lowest BCUT2D eigenvalue weighted by Gasteiger charge is -2.09. The minimum atomic E-state index is -0.525. The van der Waals surface area contributed by atoms with Crippen molar-refractivity contribution in [1.82, 2.24) is 14.5 Å². The maximum atomic E-state index is 13.0. The van der Waals surface area contributed by atoms with Crippen molar-refractivity contribution in [3.8, 4) is 5.69 Å². The summed E-state index contributed by atoms with van der Waals surface area (Å²) < 4.78 is 12.5. The zero-order chi connectivity index (χ0) is 24.8. The highest BCUT2D eigenvalue weighted by Gasteiger charge is 2.26. The third-order valence-electron chi connectivity index (χ3n) is 5.78. The standard InChI is InChI=1S/C27H30N4O4/c1-3-5-9-17-35-27(33)22-23-25(30-21-11-8-7-10-20(21)29-23)31(24(22)28)19-14-12-18(13-15-19)26(32)34-16-6-4-2/h7-8,10-15H,3-6,9,16-17,28H2,1-2H3. The fourth-order valence-corrected chi connectivity index (χ4v) is 3.85. The zero-order valence-corrected chi connectivity index (χ0v) is 20.1. The smallest absolute Gasteiger partial charge is 0.344 e. The Kier molecular flexibility index (Phi) is 7.60. The minimum Gasteiger partial charge on any atom is -0.462 e. The van der Waals surface area contributed by atoms with Crippen molar-refractivity contribution in [3.63, 3.8) is 0 Å². The average molecular weight is 475 g/mol. The first-order valence-corrected chi connectivity index (χ1v) is 12.1. The maximum absolute atomic E-state index is 13.0. The number of fused-ring (bicyclic) bond motifs is 2. The van der Waals surface area contributed by atoms with E-state index < -0.39 is 5.97 Å². The van der Waals surface area contributed by atoms with E-state index in [-0.39, 0.29) is 17.4 Å². The number of hydrogen-bond acceptors (Lipinski definition) is 7. The van der Waals surface area contributed by atoms with Gasteiger partial charge in [0.25, 0.3) is 0 Å². The van der Waals surface area contributed by atoms with Gasteiger partial charge in [-0.2, -0.15) is 0 Å². The van der Waals surface area contributed by atoms with Gasteiger partial charge < -0.3 is 15.2 Å². The van der Waals surface area contributed by atoms with E-state index in [0.29, 0.717) is 46.7 Å². The number of nitrogens with two attached hydrogens (primary N) is 1. The number of aromatic nitrogens is 3. The molecule has 0 saturated heterocycles. The molecule has 2 aromatic carbocycles. The minimum absolute atomic E-state index is 0.189. The molecule has 0 atom stereocenters. The van der Waals surface area contributed by atoms with Gasteiger partial charge >= 0.3 is 11.9 Å². The Morgan fingerprint density at radius 2 is 1.46 bits per heavy atom. The fourth-order valence-electron chi connectivity index (χ4n) is 3.85. The van der Waals surface area contributed by atoms with Gasteiger partial charge in [-0.3, -0.25) is 4.57 Å². The number of nitrogen functional groups attached to an aromatic ring is 1. The Balaban J connectivity index is 1.75. The third-order valence-corrected chi connectivity index (χ3v) is 5.78. The first-order chi connectivity index (χ1) is 17.0. The second-order valence-corrected chi connectivity index (χ2v) is 8.36. The molecule has 0 unspecified atom stereocenters. The molecule has 2 N–H and O–H groups in total. The molecule has 0 aliphatic heterocycles. The molecule has 35 heavy (non-hydrogen) atoms. The van der Waals surface area contributed by atoms with Crippen LogP contribution in [0, 0.1) is 0 Å². The van der Waals surface area contributed by atoms with Gasteiger partial charge in [0.15, 0.2) is 5.65 Å². The summed E-state index contributed by atoms with van der Waals surface area (Å²) in [5, 5.41) is 0. The predicted octanol–water partition coefficient (Wildman–Crippen LogP) is 5.46. The molecule has 8 heteroatoms. The Bertz CT molecular complexity index is 1350. The van der Waals surface area contributed by atoms with Crippen LogP contribution < -0.4 is 5.73 Å². The van der Waals surface area contributed by atoms with Gasteiger partial charge in [-0.15, -0.1) is 0 Å². The number of ether oxygens (including phenoxy) is 2. The van der Waals surface area contributed by atoms with Crippen molar-refractivity contribution in [2.75, 3.05) is 18.9 Å². The molecule has 0 aliphatic rings. The lowest BCUT2D eigenvalue weighted by Crippen LogP contribution is -2.10. The lowest BCUT2D eigenvalue weighted by atomic mass is 10.2. The summed E-state index contributed by atoms with van der Waals surface area (Å²) in [7, 11) is 0. The molecule has 0 radical (unpaired) electrons. The third kappa shape index (κ3) is 5.11. The van der Waals surface area contributed by atoms with E-state index >= 15 is 0 Å². The van der Waals surface area contributed by atoms with E-state index in [9.17, 15) is 9.59 Å². The molecule has 0 amide bonds. The molecule has 0 bridgehead atoms. The summed E-state index contributed by atoms with van der Waals surface area (Å²) in [5.74, 6) is -0.713. The molecule has 0 spiro atoms. The monoisotopic (exact) mass is 474 g/mol. The number of rotatable bonds is 10. The van der Waals surface area contributed by atoms with Crippen LogP contribution in [0.15, 0.2) is 48.5 Å². The normalized spacial score (nSPS) is 11.1. The Labute approximate surface area is 204 Å². The van der Waals surface area contributed by atoms with Gasteiger partial charge in [0.05, 0.1) is 29.8 Å². The molecular formula is C27H30N4O4. The van der Waals surface area contributed by atoms with E-state index in [0.717, 1.165) is 32.1 Å². The first kappa shape index (κ1) is 24.2. The Morgan fingerprint density at radius 1 is 0.829 bits per heavy atom. The molecule has 8 nitrogen and oxygen atoms in total. The van der Waals surface area contributed by atoms with E-state index in [1.165, 1.54) is 0 Å². The van der Waals surface area contributed by atoms with Crippen LogP contribution in [0.3, 0.4) is 0 Å². The van der Waals surface area contributed by atoms with Gasteiger partial charge in [-0.05, 0) is 49.2 Å². The molecule has 0 saturated carbocycles.